The van der Waals surface area contributed by atoms with E-state index in [2.05, 4.69) is 45.7 Å². The van der Waals surface area contributed by atoms with Crippen molar-refractivity contribution in [1.29, 1.82) is 0 Å². The lowest BCUT2D eigenvalue weighted by Gasteiger charge is -2.11. The molecule has 0 atom stereocenters. The Bertz CT molecular complexity index is 715. The van der Waals surface area contributed by atoms with Crippen LogP contribution >= 0.6 is 0 Å². The fourth-order valence-corrected chi connectivity index (χ4v) is 2.33. The zero-order valence-electron chi connectivity index (χ0n) is 13.5. The van der Waals surface area contributed by atoms with Crippen LogP contribution in [0.15, 0.2) is 61.1 Å². The van der Waals surface area contributed by atoms with Crippen LogP contribution in [0.5, 0.6) is 0 Å². The molecular weight excluding hydrogens is 286 g/mol. The van der Waals surface area contributed by atoms with Gasteiger partial charge in [0.05, 0.1) is 5.69 Å². The van der Waals surface area contributed by atoms with Gasteiger partial charge in [-0.25, -0.2) is 9.67 Å². The Kier molecular flexibility index (Phi) is 4.68. The Labute approximate surface area is 136 Å². The van der Waals surface area contributed by atoms with Gasteiger partial charge >= 0.3 is 0 Å². The lowest BCUT2D eigenvalue weighted by atomic mass is 10.2. The highest BCUT2D eigenvalue weighted by atomic mass is 15.3. The zero-order chi connectivity index (χ0) is 16.1. The maximum absolute atomic E-state index is 4.42. The first-order chi connectivity index (χ1) is 11.2. The Morgan fingerprint density at radius 1 is 1.00 bits per heavy atom. The van der Waals surface area contributed by atoms with Crippen molar-refractivity contribution in [2.45, 2.75) is 13.1 Å². The summed E-state index contributed by atoms with van der Waals surface area (Å²) in [7, 11) is 3.99. The van der Waals surface area contributed by atoms with Crippen molar-refractivity contribution in [2.24, 2.45) is 0 Å². The molecule has 3 rings (SSSR count). The van der Waals surface area contributed by atoms with E-state index in [0.717, 1.165) is 24.6 Å². The van der Waals surface area contributed by atoms with Crippen molar-refractivity contribution >= 4 is 5.82 Å². The first-order valence-electron chi connectivity index (χ1n) is 7.64. The lowest BCUT2D eigenvalue weighted by Crippen LogP contribution is -2.14. The summed E-state index contributed by atoms with van der Waals surface area (Å²) < 4.78 is 1.86. The van der Waals surface area contributed by atoms with Crippen LogP contribution in [0, 0.1) is 0 Å². The minimum atomic E-state index is 0.807. The number of rotatable bonds is 6. The molecule has 0 radical (unpaired) electrons. The Balaban J connectivity index is 1.52. The topological polar surface area (TPSA) is 46.0 Å². The summed E-state index contributed by atoms with van der Waals surface area (Å²) in [5.74, 6) is 0.975. The lowest BCUT2D eigenvalue weighted by molar-refractivity contribution is 0.691. The molecule has 2 heterocycles. The van der Waals surface area contributed by atoms with Crippen molar-refractivity contribution in [2.75, 3.05) is 19.0 Å². The van der Waals surface area contributed by atoms with Crippen molar-refractivity contribution < 1.29 is 0 Å². The molecule has 1 N–H and O–H groups in total. The Morgan fingerprint density at radius 3 is 2.35 bits per heavy atom. The molecule has 118 valence electrons. The maximum Gasteiger partial charge on any atom is 0.127 e. The van der Waals surface area contributed by atoms with Gasteiger partial charge < -0.3 is 10.2 Å². The van der Waals surface area contributed by atoms with Crippen molar-refractivity contribution in [3.05, 3.63) is 72.2 Å². The molecule has 0 unspecified atom stereocenters. The molecule has 0 aliphatic rings. The van der Waals surface area contributed by atoms with Crippen molar-refractivity contribution in [3.63, 3.8) is 0 Å². The number of nitrogens with one attached hydrogen (secondary N) is 1. The van der Waals surface area contributed by atoms with Crippen LogP contribution in [0.1, 0.15) is 11.1 Å². The van der Waals surface area contributed by atoms with Gasteiger partial charge in [-0.15, -0.1) is 0 Å². The fourth-order valence-electron chi connectivity index (χ4n) is 2.33. The zero-order valence-corrected chi connectivity index (χ0v) is 13.5. The van der Waals surface area contributed by atoms with Gasteiger partial charge in [0, 0.05) is 45.8 Å². The van der Waals surface area contributed by atoms with E-state index < -0.39 is 0 Å². The van der Waals surface area contributed by atoms with Gasteiger partial charge in [0.2, 0.25) is 0 Å². The molecule has 0 saturated carbocycles. The fraction of sp³-hybridized carbons (Fsp3) is 0.222. The second-order valence-electron chi connectivity index (χ2n) is 5.64. The number of benzene rings is 1. The van der Waals surface area contributed by atoms with Crippen molar-refractivity contribution in [1.82, 2.24) is 20.1 Å². The van der Waals surface area contributed by atoms with E-state index in [1.807, 2.05) is 48.2 Å². The molecule has 23 heavy (non-hydrogen) atoms. The van der Waals surface area contributed by atoms with Gasteiger partial charge in [0.1, 0.15) is 5.82 Å². The molecule has 5 heteroatoms. The summed E-state index contributed by atoms with van der Waals surface area (Å²) in [6, 6.07) is 14.5. The summed E-state index contributed by atoms with van der Waals surface area (Å²) in [5, 5.41) is 7.67. The summed E-state index contributed by atoms with van der Waals surface area (Å²) >= 11 is 0. The highest BCUT2D eigenvalue weighted by Crippen LogP contribution is 2.10. The second-order valence-corrected chi connectivity index (χ2v) is 5.64. The quantitative estimate of drug-likeness (QED) is 0.760. The van der Waals surface area contributed by atoms with Gasteiger partial charge in [-0.05, 0) is 35.4 Å². The molecule has 2 aromatic heterocycles. The summed E-state index contributed by atoms with van der Waals surface area (Å²) in [6.07, 6.45) is 5.64. The summed E-state index contributed by atoms with van der Waals surface area (Å²) in [6.45, 7) is 1.64. The minimum absolute atomic E-state index is 0.807. The highest BCUT2D eigenvalue weighted by Gasteiger charge is 1.99. The van der Waals surface area contributed by atoms with E-state index in [9.17, 15) is 0 Å². The standard InChI is InChI=1S/C18H21N5/c1-22(2)18-9-6-16(14-20-18)13-19-12-15-4-7-17(8-5-15)23-11-3-10-21-23/h3-11,14,19H,12-13H2,1-2H3. The molecule has 0 bridgehead atoms. The molecule has 0 aliphatic heterocycles. The van der Waals surface area contributed by atoms with Crippen LogP contribution in [-0.2, 0) is 13.1 Å². The van der Waals surface area contributed by atoms with Crippen LogP contribution in [0.2, 0.25) is 0 Å². The first-order valence-corrected chi connectivity index (χ1v) is 7.64. The average Bonchev–Trinajstić information content (AvgIpc) is 3.10. The predicted octanol–water partition coefficient (Wildman–Crippen LogP) is 2.62. The number of hydrogen-bond donors (Lipinski definition) is 1. The molecule has 3 aromatic rings. The minimum Gasteiger partial charge on any atom is -0.363 e. The van der Waals surface area contributed by atoms with Gasteiger partial charge in [0.25, 0.3) is 0 Å². The van der Waals surface area contributed by atoms with Gasteiger partial charge in [-0.3, -0.25) is 0 Å². The molecule has 0 amide bonds. The average molecular weight is 307 g/mol. The molecule has 0 saturated heterocycles. The van der Waals surface area contributed by atoms with Crippen LogP contribution in [0.4, 0.5) is 5.82 Å². The maximum atomic E-state index is 4.42. The van der Waals surface area contributed by atoms with Gasteiger partial charge in [-0.2, -0.15) is 5.10 Å². The summed E-state index contributed by atoms with van der Waals surface area (Å²) in [4.78, 5) is 6.42. The second kappa shape index (κ2) is 7.07. The number of anilines is 1. The number of hydrogen-bond acceptors (Lipinski definition) is 4. The normalized spacial score (nSPS) is 10.7. The Morgan fingerprint density at radius 2 is 1.74 bits per heavy atom. The summed E-state index contributed by atoms with van der Waals surface area (Å²) in [5.41, 5.74) is 3.50. The van der Waals surface area contributed by atoms with E-state index >= 15 is 0 Å². The third-order valence-electron chi connectivity index (χ3n) is 3.63. The number of pyridine rings is 1. The third kappa shape index (κ3) is 3.96. The SMILES string of the molecule is CN(C)c1ccc(CNCc2ccc(-n3cccn3)cc2)cn1. The molecule has 0 spiro atoms. The highest BCUT2D eigenvalue weighted by molar-refractivity contribution is 5.37. The first kappa shape index (κ1) is 15.2. The van der Waals surface area contributed by atoms with Crippen LogP contribution in [0.25, 0.3) is 5.69 Å². The monoisotopic (exact) mass is 307 g/mol. The van der Waals surface area contributed by atoms with E-state index in [-0.39, 0.29) is 0 Å². The molecular formula is C18H21N5. The van der Waals surface area contributed by atoms with Gasteiger partial charge in [0.15, 0.2) is 0 Å². The van der Waals surface area contributed by atoms with E-state index in [4.69, 9.17) is 0 Å². The number of nitrogens with zero attached hydrogens (tertiary/aromatic N) is 4. The van der Waals surface area contributed by atoms with Crippen LogP contribution in [0.3, 0.4) is 0 Å². The predicted molar refractivity (Wildman–Crippen MR) is 92.7 cm³/mol. The molecule has 0 fully saturated rings. The van der Waals surface area contributed by atoms with E-state index in [0.29, 0.717) is 0 Å². The van der Waals surface area contributed by atoms with Crippen molar-refractivity contribution in [3.8, 4) is 5.69 Å². The molecule has 0 aliphatic carbocycles. The molecule has 5 nitrogen and oxygen atoms in total. The van der Waals surface area contributed by atoms with Crippen LogP contribution in [-0.4, -0.2) is 28.9 Å². The smallest absolute Gasteiger partial charge is 0.127 e. The van der Waals surface area contributed by atoms with E-state index in [1.54, 1.807) is 6.20 Å². The largest absolute Gasteiger partial charge is 0.363 e. The Hall–Kier alpha value is -2.66. The van der Waals surface area contributed by atoms with Crippen LogP contribution < -0.4 is 10.2 Å². The molecule has 1 aromatic carbocycles. The van der Waals surface area contributed by atoms with E-state index in [1.165, 1.54) is 11.1 Å². The number of aromatic nitrogens is 3. The third-order valence-corrected chi connectivity index (χ3v) is 3.63. The van der Waals surface area contributed by atoms with Gasteiger partial charge in [-0.1, -0.05) is 18.2 Å².